The molecular weight excluding hydrogens is 240 g/mol. The summed E-state index contributed by atoms with van der Waals surface area (Å²) in [6.07, 6.45) is 0. The summed E-state index contributed by atoms with van der Waals surface area (Å²) in [6.45, 7) is 0. The van der Waals surface area contributed by atoms with Crippen LogP contribution >= 0.6 is 11.6 Å². The minimum Gasteiger partial charge on any atom is -0.495 e. The van der Waals surface area contributed by atoms with Gasteiger partial charge in [-0.3, -0.25) is 4.79 Å². The van der Waals surface area contributed by atoms with Crippen LogP contribution in [0.1, 0.15) is 0 Å². The van der Waals surface area contributed by atoms with Crippen LogP contribution in [0.25, 0.3) is 11.1 Å². The van der Waals surface area contributed by atoms with Gasteiger partial charge in [0.2, 0.25) is 5.56 Å². The van der Waals surface area contributed by atoms with Crippen LogP contribution in [0.15, 0.2) is 35.1 Å². The van der Waals surface area contributed by atoms with Crippen molar-refractivity contribution in [3.63, 3.8) is 0 Å². The predicted octanol–water partition coefficient (Wildman–Crippen LogP) is 2.29. The molecule has 5 heteroatoms. The molecule has 0 fully saturated rings. The van der Waals surface area contributed by atoms with Gasteiger partial charge < -0.3 is 15.5 Å². The summed E-state index contributed by atoms with van der Waals surface area (Å²) < 4.78 is 5.06. The van der Waals surface area contributed by atoms with Crippen LogP contribution in [0, 0.1) is 0 Å². The lowest BCUT2D eigenvalue weighted by Crippen LogP contribution is -2.07. The highest BCUT2D eigenvalue weighted by Crippen LogP contribution is 2.29. The smallest absolute Gasteiger partial charge is 0.250 e. The number of nitrogen functional groups attached to an aromatic ring is 1. The van der Waals surface area contributed by atoms with E-state index >= 15 is 0 Å². The predicted molar refractivity (Wildman–Crippen MR) is 68.5 cm³/mol. The standard InChI is InChI=1S/C12H11ClN2O2/c1-17-10-3-2-7(4-9(10)13)8-5-11(14)15-12(16)6-8/h2-6H,1H3,(H3,14,15,16). The summed E-state index contributed by atoms with van der Waals surface area (Å²) in [5.41, 5.74) is 6.87. The lowest BCUT2D eigenvalue weighted by atomic mass is 10.1. The highest BCUT2D eigenvalue weighted by Gasteiger charge is 2.05. The fourth-order valence-electron chi connectivity index (χ4n) is 1.58. The van der Waals surface area contributed by atoms with Crippen LogP contribution in [-0.2, 0) is 0 Å². The SMILES string of the molecule is COc1ccc(-c2cc(N)[nH]c(=O)c2)cc1Cl. The molecule has 0 aliphatic rings. The van der Waals surface area contributed by atoms with E-state index in [1.165, 1.54) is 6.07 Å². The van der Waals surface area contributed by atoms with Crippen LogP contribution in [-0.4, -0.2) is 12.1 Å². The Bertz CT molecular complexity index is 608. The van der Waals surface area contributed by atoms with Gasteiger partial charge in [-0.2, -0.15) is 0 Å². The van der Waals surface area contributed by atoms with Gasteiger partial charge in [0.25, 0.3) is 0 Å². The highest BCUT2D eigenvalue weighted by molar-refractivity contribution is 6.32. The van der Waals surface area contributed by atoms with Crippen molar-refractivity contribution in [2.75, 3.05) is 12.8 Å². The van der Waals surface area contributed by atoms with Crippen LogP contribution in [0.3, 0.4) is 0 Å². The highest BCUT2D eigenvalue weighted by atomic mass is 35.5. The number of H-pyrrole nitrogens is 1. The fraction of sp³-hybridized carbons (Fsp3) is 0.0833. The first-order valence-corrected chi connectivity index (χ1v) is 5.31. The normalized spacial score (nSPS) is 10.2. The van der Waals surface area contributed by atoms with Crippen molar-refractivity contribution in [3.8, 4) is 16.9 Å². The number of rotatable bonds is 2. The minimum atomic E-state index is -0.244. The van der Waals surface area contributed by atoms with E-state index in [0.29, 0.717) is 16.6 Å². The Hall–Kier alpha value is -1.94. The van der Waals surface area contributed by atoms with Gasteiger partial charge in [0.1, 0.15) is 11.6 Å². The summed E-state index contributed by atoms with van der Waals surface area (Å²) in [4.78, 5) is 13.8. The molecule has 1 heterocycles. The maximum absolute atomic E-state index is 11.3. The van der Waals surface area contributed by atoms with E-state index in [0.717, 1.165) is 11.1 Å². The van der Waals surface area contributed by atoms with Gasteiger partial charge in [-0.25, -0.2) is 0 Å². The Morgan fingerprint density at radius 1 is 1.24 bits per heavy atom. The molecule has 0 amide bonds. The maximum atomic E-state index is 11.3. The maximum Gasteiger partial charge on any atom is 0.250 e. The zero-order valence-corrected chi connectivity index (χ0v) is 9.91. The molecule has 17 heavy (non-hydrogen) atoms. The Morgan fingerprint density at radius 3 is 2.59 bits per heavy atom. The van der Waals surface area contributed by atoms with Gasteiger partial charge in [-0.15, -0.1) is 0 Å². The number of anilines is 1. The van der Waals surface area contributed by atoms with Crippen molar-refractivity contribution in [2.45, 2.75) is 0 Å². The number of ether oxygens (including phenoxy) is 1. The zero-order valence-electron chi connectivity index (χ0n) is 9.16. The summed E-state index contributed by atoms with van der Waals surface area (Å²) in [7, 11) is 1.55. The van der Waals surface area contributed by atoms with E-state index in [2.05, 4.69) is 4.98 Å². The van der Waals surface area contributed by atoms with Crippen molar-refractivity contribution >= 4 is 17.4 Å². The largest absolute Gasteiger partial charge is 0.495 e. The van der Waals surface area contributed by atoms with E-state index in [-0.39, 0.29) is 5.56 Å². The number of aromatic nitrogens is 1. The Kier molecular flexibility index (Phi) is 3.06. The van der Waals surface area contributed by atoms with E-state index in [9.17, 15) is 4.79 Å². The number of nitrogens with one attached hydrogen (secondary N) is 1. The molecule has 88 valence electrons. The molecule has 0 radical (unpaired) electrons. The molecule has 1 aromatic carbocycles. The van der Waals surface area contributed by atoms with Crippen molar-refractivity contribution < 1.29 is 4.74 Å². The molecule has 3 N–H and O–H groups in total. The molecule has 0 aliphatic carbocycles. The summed E-state index contributed by atoms with van der Waals surface area (Å²) in [6, 6.07) is 8.44. The van der Waals surface area contributed by atoms with Crippen molar-refractivity contribution in [2.24, 2.45) is 0 Å². The third kappa shape index (κ3) is 2.42. The third-order valence-corrected chi connectivity index (χ3v) is 2.65. The van der Waals surface area contributed by atoms with Gasteiger partial charge in [0.15, 0.2) is 0 Å². The second kappa shape index (κ2) is 4.51. The first kappa shape index (κ1) is 11.5. The molecular formula is C12H11ClN2O2. The van der Waals surface area contributed by atoms with Crippen LogP contribution in [0.2, 0.25) is 5.02 Å². The number of nitrogens with two attached hydrogens (primary N) is 1. The molecule has 0 saturated carbocycles. The Balaban J connectivity index is 2.53. The number of pyridine rings is 1. The number of aromatic amines is 1. The van der Waals surface area contributed by atoms with Gasteiger partial charge in [-0.1, -0.05) is 17.7 Å². The molecule has 0 aliphatic heterocycles. The van der Waals surface area contributed by atoms with Gasteiger partial charge >= 0.3 is 0 Å². The number of hydrogen-bond donors (Lipinski definition) is 2. The van der Waals surface area contributed by atoms with Crippen LogP contribution in [0.5, 0.6) is 5.75 Å². The molecule has 2 rings (SSSR count). The molecule has 2 aromatic rings. The van der Waals surface area contributed by atoms with Gasteiger partial charge in [0, 0.05) is 6.07 Å². The topological polar surface area (TPSA) is 68.1 Å². The second-order valence-electron chi connectivity index (χ2n) is 3.54. The minimum absolute atomic E-state index is 0.244. The lowest BCUT2D eigenvalue weighted by molar-refractivity contribution is 0.415. The van der Waals surface area contributed by atoms with Gasteiger partial charge in [-0.05, 0) is 29.3 Å². The Labute approximate surface area is 103 Å². The molecule has 0 unspecified atom stereocenters. The average Bonchev–Trinajstić information content (AvgIpc) is 2.27. The molecule has 0 bridgehead atoms. The molecule has 0 saturated heterocycles. The number of benzene rings is 1. The Morgan fingerprint density at radius 2 is 2.00 bits per heavy atom. The van der Waals surface area contributed by atoms with Crippen LogP contribution in [0.4, 0.5) is 5.82 Å². The summed E-state index contributed by atoms with van der Waals surface area (Å²) in [5, 5.41) is 0.490. The number of halogens is 1. The molecule has 0 atom stereocenters. The molecule has 0 spiro atoms. The summed E-state index contributed by atoms with van der Waals surface area (Å²) >= 11 is 6.02. The quantitative estimate of drug-likeness (QED) is 0.859. The monoisotopic (exact) mass is 250 g/mol. The van der Waals surface area contributed by atoms with Crippen molar-refractivity contribution in [1.82, 2.24) is 4.98 Å². The number of methoxy groups -OCH3 is 1. The van der Waals surface area contributed by atoms with Crippen molar-refractivity contribution in [3.05, 3.63) is 45.7 Å². The van der Waals surface area contributed by atoms with E-state index in [1.54, 1.807) is 25.3 Å². The summed E-state index contributed by atoms with van der Waals surface area (Å²) in [5.74, 6) is 0.910. The van der Waals surface area contributed by atoms with Crippen molar-refractivity contribution in [1.29, 1.82) is 0 Å². The van der Waals surface area contributed by atoms with Crippen LogP contribution < -0.4 is 16.0 Å². The fourth-order valence-corrected chi connectivity index (χ4v) is 1.84. The second-order valence-corrected chi connectivity index (χ2v) is 3.95. The third-order valence-electron chi connectivity index (χ3n) is 2.35. The number of hydrogen-bond acceptors (Lipinski definition) is 3. The zero-order chi connectivity index (χ0) is 12.4. The first-order valence-electron chi connectivity index (χ1n) is 4.94. The van der Waals surface area contributed by atoms with Gasteiger partial charge in [0.05, 0.1) is 12.1 Å². The van der Waals surface area contributed by atoms with E-state index in [1.807, 2.05) is 6.07 Å². The molecule has 1 aromatic heterocycles. The van der Waals surface area contributed by atoms with E-state index < -0.39 is 0 Å². The van der Waals surface area contributed by atoms with E-state index in [4.69, 9.17) is 22.1 Å². The first-order chi connectivity index (χ1) is 8.10. The lowest BCUT2D eigenvalue weighted by Gasteiger charge is -2.06. The average molecular weight is 251 g/mol. The molecule has 4 nitrogen and oxygen atoms in total.